The summed E-state index contributed by atoms with van der Waals surface area (Å²) in [6.45, 7) is 0.681. The summed E-state index contributed by atoms with van der Waals surface area (Å²) in [4.78, 5) is 24.0. The number of nitrogens with zero attached hydrogens (tertiary/aromatic N) is 2. The number of hydrogen-bond acceptors (Lipinski definition) is 6. The van der Waals surface area contributed by atoms with Gasteiger partial charge in [0.15, 0.2) is 0 Å². The van der Waals surface area contributed by atoms with E-state index in [9.17, 15) is 4.79 Å². The normalized spacial score (nSPS) is 13.5. The van der Waals surface area contributed by atoms with Crippen molar-refractivity contribution in [2.45, 2.75) is 44.9 Å². The van der Waals surface area contributed by atoms with Crippen molar-refractivity contribution >= 4 is 51.5 Å². The molecule has 142 valence electrons. The molecule has 3 heterocycles. The Balaban J connectivity index is 1.21. The number of halogens is 1. The molecule has 1 N–H and O–H groups in total. The molecule has 3 aromatic heterocycles. The van der Waals surface area contributed by atoms with Crippen molar-refractivity contribution in [3.8, 4) is 9.88 Å². The number of rotatable bonds is 7. The molecular weight excluding hydrogens is 418 g/mol. The van der Waals surface area contributed by atoms with Gasteiger partial charge in [0.05, 0.1) is 32.0 Å². The molecule has 0 saturated carbocycles. The quantitative estimate of drug-likeness (QED) is 0.520. The van der Waals surface area contributed by atoms with Crippen LogP contribution in [0.5, 0.6) is 0 Å². The lowest BCUT2D eigenvalue weighted by Gasteiger charge is -2.06. The van der Waals surface area contributed by atoms with E-state index in [-0.39, 0.29) is 5.91 Å². The molecule has 0 aliphatic heterocycles. The van der Waals surface area contributed by atoms with Crippen molar-refractivity contribution in [2.24, 2.45) is 0 Å². The van der Waals surface area contributed by atoms with E-state index in [2.05, 4.69) is 10.3 Å². The zero-order valence-electron chi connectivity index (χ0n) is 14.8. The van der Waals surface area contributed by atoms with Crippen molar-refractivity contribution in [1.82, 2.24) is 15.3 Å². The molecule has 0 spiro atoms. The second-order valence-electron chi connectivity index (χ2n) is 6.56. The van der Waals surface area contributed by atoms with Crippen LogP contribution in [0.1, 0.15) is 40.5 Å². The summed E-state index contributed by atoms with van der Waals surface area (Å²) in [5.41, 5.74) is 2.13. The van der Waals surface area contributed by atoms with Crippen LogP contribution >= 0.6 is 45.6 Å². The third kappa shape index (κ3) is 4.96. The summed E-state index contributed by atoms with van der Waals surface area (Å²) in [5.74, 6) is 0.0227. The van der Waals surface area contributed by atoms with Crippen LogP contribution in [0.4, 0.5) is 0 Å². The van der Waals surface area contributed by atoms with Crippen LogP contribution in [-0.4, -0.2) is 22.4 Å². The van der Waals surface area contributed by atoms with E-state index in [4.69, 9.17) is 16.6 Å². The van der Waals surface area contributed by atoms with Crippen molar-refractivity contribution in [1.29, 1.82) is 0 Å². The van der Waals surface area contributed by atoms with E-state index in [1.807, 2.05) is 28.8 Å². The monoisotopic (exact) mass is 437 g/mol. The van der Waals surface area contributed by atoms with Gasteiger partial charge in [-0.05, 0) is 44.2 Å². The number of carbonyl (C=O) groups excluding carboxylic acids is 1. The minimum absolute atomic E-state index is 0.0227. The number of amides is 1. The summed E-state index contributed by atoms with van der Waals surface area (Å²) in [6, 6.07) is 3.83. The smallest absolute Gasteiger partial charge is 0.226 e. The molecule has 0 bridgehead atoms. The molecule has 1 aliphatic rings. The third-order valence-electron chi connectivity index (χ3n) is 4.46. The van der Waals surface area contributed by atoms with Gasteiger partial charge in [-0.2, -0.15) is 0 Å². The predicted octanol–water partition coefficient (Wildman–Crippen LogP) is 5.15. The number of hydrogen-bond donors (Lipinski definition) is 1. The first-order valence-electron chi connectivity index (χ1n) is 9.11. The molecule has 3 aromatic rings. The molecule has 4 rings (SSSR count). The molecular formula is C19H20ClN3OS3. The fourth-order valence-corrected chi connectivity index (χ4v) is 6.27. The molecule has 27 heavy (non-hydrogen) atoms. The summed E-state index contributed by atoms with van der Waals surface area (Å²) in [6.07, 6.45) is 7.08. The van der Waals surface area contributed by atoms with Crippen LogP contribution in [0.15, 0.2) is 17.5 Å². The molecule has 0 atom stereocenters. The number of carbonyl (C=O) groups is 1. The third-order valence-corrected chi connectivity index (χ3v) is 7.97. The van der Waals surface area contributed by atoms with Gasteiger partial charge in [-0.1, -0.05) is 11.6 Å². The van der Waals surface area contributed by atoms with E-state index in [1.165, 1.54) is 46.2 Å². The first-order chi connectivity index (χ1) is 13.2. The zero-order chi connectivity index (χ0) is 18.6. The van der Waals surface area contributed by atoms with Crippen LogP contribution < -0.4 is 5.32 Å². The van der Waals surface area contributed by atoms with Gasteiger partial charge in [0.1, 0.15) is 5.01 Å². The minimum Gasteiger partial charge on any atom is -0.356 e. The highest BCUT2D eigenvalue weighted by Crippen LogP contribution is 2.33. The second-order valence-corrected chi connectivity index (χ2v) is 10.3. The van der Waals surface area contributed by atoms with Gasteiger partial charge in [0.2, 0.25) is 5.91 Å². The van der Waals surface area contributed by atoms with Crippen molar-refractivity contribution in [3.05, 3.63) is 43.1 Å². The van der Waals surface area contributed by atoms with Gasteiger partial charge < -0.3 is 5.32 Å². The number of aryl methyl sites for hydroxylation is 3. The molecule has 1 aliphatic carbocycles. The Morgan fingerprint density at radius 3 is 2.89 bits per heavy atom. The van der Waals surface area contributed by atoms with Crippen molar-refractivity contribution < 1.29 is 4.79 Å². The minimum atomic E-state index is 0.0227. The number of thiophene rings is 1. The Morgan fingerprint density at radius 2 is 2.07 bits per heavy atom. The number of nitrogens with one attached hydrogen (secondary N) is 1. The predicted molar refractivity (Wildman–Crippen MR) is 114 cm³/mol. The van der Waals surface area contributed by atoms with E-state index >= 15 is 0 Å². The Labute approximate surface area is 175 Å². The van der Waals surface area contributed by atoms with Gasteiger partial charge >= 0.3 is 0 Å². The summed E-state index contributed by atoms with van der Waals surface area (Å²) < 4.78 is 0.751. The summed E-state index contributed by atoms with van der Waals surface area (Å²) >= 11 is 10.9. The van der Waals surface area contributed by atoms with Gasteiger partial charge in [0, 0.05) is 23.2 Å². The van der Waals surface area contributed by atoms with Crippen LogP contribution in [-0.2, 0) is 30.5 Å². The van der Waals surface area contributed by atoms with E-state index in [0.717, 1.165) is 39.2 Å². The Bertz CT molecular complexity index is 907. The summed E-state index contributed by atoms with van der Waals surface area (Å²) in [5, 5.41) is 7.08. The highest BCUT2D eigenvalue weighted by Gasteiger charge is 2.15. The van der Waals surface area contributed by atoms with Gasteiger partial charge in [-0.25, -0.2) is 9.97 Å². The molecule has 1 amide bonds. The lowest BCUT2D eigenvalue weighted by molar-refractivity contribution is -0.120. The average Bonchev–Trinajstić information content (AvgIpc) is 3.37. The molecule has 0 radical (unpaired) electrons. The number of aromatic nitrogens is 2. The molecule has 0 saturated heterocycles. The van der Waals surface area contributed by atoms with E-state index < -0.39 is 0 Å². The topological polar surface area (TPSA) is 54.9 Å². The molecule has 0 aromatic carbocycles. The van der Waals surface area contributed by atoms with Crippen LogP contribution in [0.3, 0.4) is 0 Å². The fraction of sp³-hybridized carbons (Fsp3) is 0.421. The number of fused-ring (bicyclic) bond motifs is 1. The first kappa shape index (κ1) is 19.1. The molecule has 0 unspecified atom stereocenters. The SMILES string of the molecule is O=C(Cc1csc(-c2ccc(Cl)s2)n1)NCCCc1nc2c(s1)CCCC2. The number of thiazole rings is 2. The van der Waals surface area contributed by atoms with E-state index in [1.54, 1.807) is 11.3 Å². The Kier molecular flexibility index (Phi) is 6.22. The molecule has 0 fully saturated rings. The highest BCUT2D eigenvalue weighted by molar-refractivity contribution is 7.23. The van der Waals surface area contributed by atoms with E-state index in [0.29, 0.717) is 13.0 Å². The van der Waals surface area contributed by atoms with Crippen LogP contribution in [0, 0.1) is 0 Å². The average molecular weight is 438 g/mol. The highest BCUT2D eigenvalue weighted by atomic mass is 35.5. The van der Waals surface area contributed by atoms with Gasteiger partial charge in [0.25, 0.3) is 0 Å². The summed E-state index contributed by atoms with van der Waals surface area (Å²) in [7, 11) is 0. The lowest BCUT2D eigenvalue weighted by Crippen LogP contribution is -2.26. The fourth-order valence-electron chi connectivity index (χ4n) is 3.14. The lowest BCUT2D eigenvalue weighted by atomic mass is 10.0. The maximum absolute atomic E-state index is 12.2. The van der Waals surface area contributed by atoms with Gasteiger partial charge in [-0.3, -0.25) is 4.79 Å². The molecule has 8 heteroatoms. The Hall–Kier alpha value is -1.28. The standard InChI is InChI=1S/C19H20ClN3OS3/c20-16-8-7-15(26-16)19-22-12(11-25-19)10-17(24)21-9-3-6-18-23-13-4-1-2-5-14(13)27-18/h7-8,11H,1-6,9-10H2,(H,21,24). The van der Waals surface area contributed by atoms with Crippen molar-refractivity contribution in [3.63, 3.8) is 0 Å². The van der Waals surface area contributed by atoms with Crippen molar-refractivity contribution in [2.75, 3.05) is 6.54 Å². The second kappa shape index (κ2) is 8.82. The maximum Gasteiger partial charge on any atom is 0.226 e. The maximum atomic E-state index is 12.2. The Morgan fingerprint density at radius 1 is 1.19 bits per heavy atom. The van der Waals surface area contributed by atoms with Gasteiger partial charge in [-0.15, -0.1) is 34.0 Å². The zero-order valence-corrected chi connectivity index (χ0v) is 18.0. The first-order valence-corrected chi connectivity index (χ1v) is 12.0. The molecule has 4 nitrogen and oxygen atoms in total. The van der Waals surface area contributed by atoms with Crippen LogP contribution in [0.2, 0.25) is 4.34 Å². The van der Waals surface area contributed by atoms with Crippen LogP contribution in [0.25, 0.3) is 9.88 Å². The largest absolute Gasteiger partial charge is 0.356 e.